The van der Waals surface area contributed by atoms with Crippen LogP contribution in [-0.2, 0) is 6.54 Å². The van der Waals surface area contributed by atoms with Crippen LogP contribution in [0.15, 0.2) is 53.5 Å². The summed E-state index contributed by atoms with van der Waals surface area (Å²) in [5.41, 5.74) is 8.02. The van der Waals surface area contributed by atoms with Crippen molar-refractivity contribution in [1.29, 1.82) is 0 Å². The number of hydrogen-bond acceptors (Lipinski definition) is 4. The SMILES string of the molecule is CCNC(=NCc1cccc(C(N)=O)c1)N1CCN(c2cccc(OC)c2)CC1. The Kier molecular flexibility index (Phi) is 6.94. The minimum Gasteiger partial charge on any atom is -0.497 e. The normalized spacial score (nSPS) is 14.6. The number of primary amides is 1. The summed E-state index contributed by atoms with van der Waals surface area (Å²) >= 11 is 0. The number of benzene rings is 2. The Balaban J connectivity index is 1.65. The van der Waals surface area contributed by atoms with Gasteiger partial charge in [-0.1, -0.05) is 18.2 Å². The topological polar surface area (TPSA) is 83.2 Å². The lowest BCUT2D eigenvalue weighted by Gasteiger charge is -2.37. The highest BCUT2D eigenvalue weighted by Crippen LogP contribution is 2.22. The van der Waals surface area contributed by atoms with E-state index in [2.05, 4.69) is 34.2 Å². The largest absolute Gasteiger partial charge is 0.497 e. The molecule has 1 heterocycles. The van der Waals surface area contributed by atoms with Crippen molar-refractivity contribution in [3.8, 4) is 5.75 Å². The predicted molar refractivity (Wildman–Crippen MR) is 117 cm³/mol. The minimum atomic E-state index is -0.420. The van der Waals surface area contributed by atoms with Gasteiger partial charge in [-0.15, -0.1) is 0 Å². The van der Waals surface area contributed by atoms with Crippen molar-refractivity contribution in [1.82, 2.24) is 10.2 Å². The average Bonchev–Trinajstić information content (AvgIpc) is 2.77. The van der Waals surface area contributed by atoms with E-state index in [9.17, 15) is 4.79 Å². The molecule has 3 rings (SSSR count). The molecule has 0 radical (unpaired) electrons. The summed E-state index contributed by atoms with van der Waals surface area (Å²) in [5, 5.41) is 3.38. The summed E-state index contributed by atoms with van der Waals surface area (Å²) in [6, 6.07) is 15.5. The molecule has 29 heavy (non-hydrogen) atoms. The molecule has 0 aromatic heterocycles. The van der Waals surface area contributed by atoms with Crippen LogP contribution >= 0.6 is 0 Å². The van der Waals surface area contributed by atoms with E-state index < -0.39 is 5.91 Å². The molecule has 7 heteroatoms. The van der Waals surface area contributed by atoms with E-state index >= 15 is 0 Å². The van der Waals surface area contributed by atoms with Crippen molar-refractivity contribution in [2.45, 2.75) is 13.5 Å². The number of nitrogens with one attached hydrogen (secondary N) is 1. The molecule has 0 atom stereocenters. The molecule has 0 bridgehead atoms. The van der Waals surface area contributed by atoms with Crippen LogP contribution < -0.4 is 20.7 Å². The molecule has 1 aliphatic heterocycles. The van der Waals surface area contributed by atoms with E-state index in [0.717, 1.165) is 50.0 Å². The van der Waals surface area contributed by atoms with Gasteiger partial charge in [0.15, 0.2) is 5.96 Å². The lowest BCUT2D eigenvalue weighted by atomic mass is 10.1. The van der Waals surface area contributed by atoms with Crippen molar-refractivity contribution in [3.05, 3.63) is 59.7 Å². The summed E-state index contributed by atoms with van der Waals surface area (Å²) in [5.74, 6) is 1.34. The Hall–Kier alpha value is -3.22. The molecular weight excluding hydrogens is 366 g/mol. The van der Waals surface area contributed by atoms with Gasteiger partial charge in [-0.2, -0.15) is 0 Å². The fourth-order valence-corrected chi connectivity index (χ4v) is 3.40. The molecule has 154 valence electrons. The first kappa shape index (κ1) is 20.5. The van der Waals surface area contributed by atoms with Crippen LogP contribution in [0.3, 0.4) is 0 Å². The molecule has 0 spiro atoms. The van der Waals surface area contributed by atoms with Gasteiger partial charge < -0.3 is 25.6 Å². The van der Waals surface area contributed by atoms with E-state index in [0.29, 0.717) is 12.1 Å². The number of guanidine groups is 1. The molecule has 1 aliphatic rings. The number of piperazine rings is 1. The van der Waals surface area contributed by atoms with E-state index in [4.69, 9.17) is 15.5 Å². The second-order valence-corrected chi connectivity index (χ2v) is 6.91. The zero-order chi connectivity index (χ0) is 20.6. The van der Waals surface area contributed by atoms with Crippen molar-refractivity contribution in [2.24, 2.45) is 10.7 Å². The highest BCUT2D eigenvalue weighted by atomic mass is 16.5. The van der Waals surface area contributed by atoms with Gasteiger partial charge in [-0.25, -0.2) is 4.99 Å². The number of methoxy groups -OCH3 is 1. The van der Waals surface area contributed by atoms with Crippen molar-refractivity contribution in [2.75, 3.05) is 44.7 Å². The summed E-state index contributed by atoms with van der Waals surface area (Å²) < 4.78 is 5.34. The third-order valence-electron chi connectivity index (χ3n) is 4.96. The molecule has 2 aromatic rings. The number of anilines is 1. The maximum Gasteiger partial charge on any atom is 0.248 e. The predicted octanol–water partition coefficient (Wildman–Crippen LogP) is 2.08. The smallest absolute Gasteiger partial charge is 0.248 e. The minimum absolute atomic E-state index is 0.420. The third-order valence-corrected chi connectivity index (χ3v) is 4.96. The third kappa shape index (κ3) is 5.40. The molecule has 1 saturated heterocycles. The summed E-state index contributed by atoms with van der Waals surface area (Å²) in [4.78, 5) is 20.8. The molecule has 0 unspecified atom stereocenters. The van der Waals surface area contributed by atoms with Gasteiger partial charge in [-0.05, 0) is 36.8 Å². The molecule has 0 aliphatic carbocycles. The number of hydrogen-bond donors (Lipinski definition) is 2. The Morgan fingerprint density at radius 2 is 1.90 bits per heavy atom. The van der Waals surface area contributed by atoms with E-state index in [1.54, 1.807) is 19.2 Å². The zero-order valence-corrected chi connectivity index (χ0v) is 17.1. The number of amides is 1. The van der Waals surface area contributed by atoms with Crippen LogP contribution in [0.4, 0.5) is 5.69 Å². The van der Waals surface area contributed by atoms with Gasteiger partial charge >= 0.3 is 0 Å². The highest BCUT2D eigenvalue weighted by molar-refractivity contribution is 5.92. The van der Waals surface area contributed by atoms with Gasteiger partial charge in [-0.3, -0.25) is 4.79 Å². The molecule has 1 amide bonds. The van der Waals surface area contributed by atoms with Crippen molar-refractivity contribution >= 4 is 17.6 Å². The Labute approximate surface area is 172 Å². The second-order valence-electron chi connectivity index (χ2n) is 6.91. The zero-order valence-electron chi connectivity index (χ0n) is 17.1. The molecule has 1 fully saturated rings. The first-order valence-electron chi connectivity index (χ1n) is 9.91. The molecular formula is C22H29N5O2. The number of nitrogens with zero attached hydrogens (tertiary/aromatic N) is 3. The van der Waals surface area contributed by atoms with Crippen LogP contribution in [0, 0.1) is 0 Å². The maximum absolute atomic E-state index is 11.4. The fraction of sp³-hybridized carbons (Fsp3) is 0.364. The van der Waals surface area contributed by atoms with Crippen LogP contribution in [0.2, 0.25) is 0 Å². The van der Waals surface area contributed by atoms with Crippen LogP contribution in [0.5, 0.6) is 5.75 Å². The maximum atomic E-state index is 11.4. The molecule has 2 aromatic carbocycles. The Bertz CT molecular complexity index is 860. The number of aliphatic imine (C=N–C) groups is 1. The second kappa shape index (κ2) is 9.82. The number of carbonyl (C=O) groups excluding carboxylic acids is 1. The lowest BCUT2D eigenvalue weighted by molar-refractivity contribution is 0.1000. The standard InChI is InChI=1S/C22H29N5O2/c1-3-24-22(25-16-17-6-4-7-18(14-17)21(23)28)27-12-10-26(11-13-27)19-8-5-9-20(15-19)29-2/h4-9,14-15H,3,10-13,16H2,1-2H3,(H2,23,28)(H,24,25). The fourth-order valence-electron chi connectivity index (χ4n) is 3.40. The first-order chi connectivity index (χ1) is 14.1. The summed E-state index contributed by atoms with van der Waals surface area (Å²) in [6.07, 6.45) is 0. The number of nitrogens with two attached hydrogens (primary N) is 1. The number of carbonyl (C=O) groups is 1. The van der Waals surface area contributed by atoms with Gasteiger partial charge in [0, 0.05) is 50.0 Å². The highest BCUT2D eigenvalue weighted by Gasteiger charge is 2.20. The van der Waals surface area contributed by atoms with Crippen LogP contribution in [0.25, 0.3) is 0 Å². The van der Waals surface area contributed by atoms with Gasteiger partial charge in [0.2, 0.25) is 5.91 Å². The quantitative estimate of drug-likeness (QED) is 0.578. The average molecular weight is 396 g/mol. The van der Waals surface area contributed by atoms with Crippen LogP contribution in [0.1, 0.15) is 22.8 Å². The Morgan fingerprint density at radius 3 is 2.59 bits per heavy atom. The molecule has 3 N–H and O–H groups in total. The molecule has 0 saturated carbocycles. The van der Waals surface area contributed by atoms with Crippen molar-refractivity contribution < 1.29 is 9.53 Å². The van der Waals surface area contributed by atoms with Crippen molar-refractivity contribution in [3.63, 3.8) is 0 Å². The monoisotopic (exact) mass is 395 g/mol. The number of rotatable bonds is 6. The summed E-state index contributed by atoms with van der Waals surface area (Å²) in [7, 11) is 1.69. The van der Waals surface area contributed by atoms with Crippen LogP contribution in [-0.4, -0.2) is 56.6 Å². The Morgan fingerprint density at radius 1 is 1.14 bits per heavy atom. The van der Waals surface area contributed by atoms with Gasteiger partial charge in [0.25, 0.3) is 0 Å². The van der Waals surface area contributed by atoms with E-state index in [1.807, 2.05) is 24.3 Å². The lowest BCUT2D eigenvalue weighted by Crippen LogP contribution is -2.52. The van der Waals surface area contributed by atoms with E-state index in [-0.39, 0.29) is 0 Å². The van der Waals surface area contributed by atoms with E-state index in [1.165, 1.54) is 5.69 Å². The molecule has 7 nitrogen and oxygen atoms in total. The summed E-state index contributed by atoms with van der Waals surface area (Å²) in [6.45, 7) is 6.95. The first-order valence-corrected chi connectivity index (χ1v) is 9.91. The van der Waals surface area contributed by atoms with Gasteiger partial charge in [0.05, 0.1) is 13.7 Å². The number of ether oxygens (including phenoxy) is 1. The van der Waals surface area contributed by atoms with Gasteiger partial charge in [0.1, 0.15) is 5.75 Å².